The highest BCUT2D eigenvalue weighted by Gasteiger charge is 2.45. The zero-order chi connectivity index (χ0) is 78.2. The van der Waals surface area contributed by atoms with Crippen LogP contribution in [-0.2, 0) is 86.3 Å². The zero-order valence-electron chi connectivity index (χ0n) is 60.3. The summed E-state index contributed by atoms with van der Waals surface area (Å²) in [6.07, 6.45) is 7.58. The molecule has 4 rings (SSSR count). The smallest absolute Gasteiger partial charge is 0.308 e. The molecular formula is C70H103N13O22. The molecule has 0 aliphatic carbocycles. The Hall–Kier alpha value is -10.2. The maximum atomic E-state index is 15.5. The SMILES string of the molecule is CCCCCCCCCCCC(=O)Nc1ccc(/C=C/C(=O)NC(CC(=O)O)C(=O)CC2C(=O)N3CCCCC3C(=O)NC(C(C)C(=O)O)C(=O)CC(CC(=O)O)C(=O)NCC(=O)NC(CC(=O)O)C(=O)NCC(=O)NC(C(C)NC(=O)CN)C(=O)NC(C(C)C)C(=O)N3CCCC3C(=O)NC2C)cc1. The average molecular weight is 1480 g/mol. The molecule has 0 radical (unpaired) electrons. The number of carbonyl (C=O) groups is 18. The standard InChI is InChI=1S/C70H103N13O22/c1-7-8-9-10-11-12-13-14-15-21-52(86)76-44-25-22-42(23-26-44)24-27-53(87)77-46(33-58(93)94)50(84)32-45-40(5)75-65(99)49-20-18-29-83(49)69(103)60(38(2)3)80-67(101)62(41(6)74-54(88)35-71)79-56(90)37-73-64(98)47(34-59(95)96)78-55(89)36-72-63(97)43(31-57(91)92)30-51(85)61(39(4)70(104)105)81-66(100)48-19-16-17-28-82(48)68(45)102/h22-27,38-41,43,45-49,60-62H,7-21,28-37,71H2,1-6H3,(H,72,97)(H,73,98)(H,74,88)(H,75,99)(H,76,86)(H,77,87)(H,78,89)(H,79,90)(H,80,101)(H,81,100)(H,91,92)(H,93,94)(H,95,96)(H,104,105)/b27-24+. The van der Waals surface area contributed by atoms with Crippen LogP contribution >= 0.6 is 0 Å². The second-order valence-electron chi connectivity index (χ2n) is 27.1. The molecule has 0 bridgehead atoms. The zero-order valence-corrected chi connectivity index (χ0v) is 60.3. The van der Waals surface area contributed by atoms with Gasteiger partial charge in [0.25, 0.3) is 0 Å². The van der Waals surface area contributed by atoms with Crippen LogP contribution in [0.25, 0.3) is 6.08 Å². The van der Waals surface area contributed by atoms with E-state index in [1.165, 1.54) is 65.9 Å². The minimum absolute atomic E-state index is 0.0186. The van der Waals surface area contributed by atoms with Crippen molar-refractivity contribution in [1.82, 2.24) is 57.7 Å². The molecular weight excluding hydrogens is 1370 g/mol. The second kappa shape index (κ2) is 43.8. The Morgan fingerprint density at radius 3 is 1.74 bits per heavy atom. The van der Waals surface area contributed by atoms with Gasteiger partial charge in [0.05, 0.1) is 68.7 Å². The van der Waals surface area contributed by atoms with Crippen molar-refractivity contribution in [1.29, 1.82) is 0 Å². The first-order chi connectivity index (χ1) is 49.6. The van der Waals surface area contributed by atoms with Gasteiger partial charge in [0.15, 0.2) is 11.6 Å². The van der Waals surface area contributed by atoms with E-state index in [0.29, 0.717) is 17.7 Å². The van der Waals surface area contributed by atoms with Gasteiger partial charge in [-0.3, -0.25) is 86.3 Å². The monoisotopic (exact) mass is 1480 g/mol. The first kappa shape index (κ1) is 87.2. The number of benzene rings is 1. The summed E-state index contributed by atoms with van der Waals surface area (Å²) in [7, 11) is 0. The fourth-order valence-corrected chi connectivity index (χ4v) is 12.5. The maximum Gasteiger partial charge on any atom is 0.308 e. The first-order valence-electron chi connectivity index (χ1n) is 35.6. The molecule has 0 saturated carbocycles. The van der Waals surface area contributed by atoms with Crippen molar-refractivity contribution in [2.75, 3.05) is 38.0 Å². The van der Waals surface area contributed by atoms with E-state index in [1.54, 1.807) is 24.3 Å². The van der Waals surface area contributed by atoms with Gasteiger partial charge in [0, 0.05) is 50.2 Å². The molecule has 580 valence electrons. The third-order valence-corrected chi connectivity index (χ3v) is 18.4. The summed E-state index contributed by atoms with van der Waals surface area (Å²) in [6, 6.07) is -8.48. The van der Waals surface area contributed by atoms with Crippen molar-refractivity contribution in [3.05, 3.63) is 35.9 Å². The van der Waals surface area contributed by atoms with Gasteiger partial charge in [-0.15, -0.1) is 0 Å². The molecule has 0 aromatic heterocycles. The van der Waals surface area contributed by atoms with Gasteiger partial charge in [0.1, 0.15) is 36.3 Å². The number of nitrogens with one attached hydrogen (secondary N) is 10. The van der Waals surface area contributed by atoms with Crippen molar-refractivity contribution >= 4 is 118 Å². The molecule has 105 heavy (non-hydrogen) atoms. The van der Waals surface area contributed by atoms with Crippen LogP contribution in [0, 0.1) is 23.7 Å². The van der Waals surface area contributed by atoms with Gasteiger partial charge in [-0.25, -0.2) is 0 Å². The van der Waals surface area contributed by atoms with Crippen molar-refractivity contribution in [2.24, 2.45) is 29.4 Å². The van der Waals surface area contributed by atoms with E-state index in [0.717, 1.165) is 48.5 Å². The highest BCUT2D eigenvalue weighted by Crippen LogP contribution is 2.27. The Morgan fingerprint density at radius 1 is 0.590 bits per heavy atom. The largest absolute Gasteiger partial charge is 0.481 e. The number of fused-ring (bicyclic) bond motifs is 2. The highest BCUT2D eigenvalue weighted by atomic mass is 16.4. The number of hydrogen-bond acceptors (Lipinski definition) is 19. The second-order valence-corrected chi connectivity index (χ2v) is 27.1. The molecule has 16 N–H and O–H groups in total. The number of carbonyl (C=O) groups excluding carboxylic acids is 14. The van der Waals surface area contributed by atoms with Crippen LogP contribution in [0.2, 0.25) is 0 Å². The molecule has 3 saturated heterocycles. The number of nitrogens with zero attached hydrogens (tertiary/aromatic N) is 2. The number of Topliss-reactive ketones (excluding diaryl/α,β-unsaturated/α-hetero) is 2. The third-order valence-electron chi connectivity index (χ3n) is 18.4. The fourth-order valence-electron chi connectivity index (χ4n) is 12.5. The fraction of sp³-hybridized carbons (Fsp3) is 0.629. The summed E-state index contributed by atoms with van der Waals surface area (Å²) < 4.78 is 0. The van der Waals surface area contributed by atoms with Crippen molar-refractivity contribution in [3.8, 4) is 0 Å². The molecule has 35 heteroatoms. The lowest BCUT2D eigenvalue weighted by Gasteiger charge is -2.39. The van der Waals surface area contributed by atoms with Crippen LogP contribution in [0.3, 0.4) is 0 Å². The van der Waals surface area contributed by atoms with Gasteiger partial charge >= 0.3 is 23.9 Å². The summed E-state index contributed by atoms with van der Waals surface area (Å²) >= 11 is 0. The number of hydrogen-bond donors (Lipinski definition) is 15. The van der Waals surface area contributed by atoms with E-state index in [4.69, 9.17) is 5.73 Å². The van der Waals surface area contributed by atoms with Gasteiger partial charge in [-0.05, 0) is 89.0 Å². The predicted octanol–water partition coefficient (Wildman–Crippen LogP) is -0.479. The Morgan fingerprint density at radius 2 is 1.15 bits per heavy atom. The quantitative estimate of drug-likeness (QED) is 0.0356. The van der Waals surface area contributed by atoms with Crippen molar-refractivity contribution in [2.45, 2.75) is 224 Å². The van der Waals surface area contributed by atoms with Crippen molar-refractivity contribution in [3.63, 3.8) is 0 Å². The van der Waals surface area contributed by atoms with E-state index in [2.05, 4.69) is 60.1 Å². The van der Waals surface area contributed by atoms with E-state index >= 15 is 4.79 Å². The van der Waals surface area contributed by atoms with Crippen LogP contribution < -0.4 is 58.9 Å². The lowest BCUT2D eigenvalue weighted by atomic mass is 9.87. The van der Waals surface area contributed by atoms with E-state index < -0.39 is 230 Å². The summed E-state index contributed by atoms with van der Waals surface area (Å²) in [5.74, 6) is -27.1. The molecule has 0 spiro atoms. The molecule has 35 nitrogen and oxygen atoms in total. The maximum absolute atomic E-state index is 15.5. The number of piperidine rings is 1. The Balaban J connectivity index is 1.77. The van der Waals surface area contributed by atoms with Crippen LogP contribution in [0.15, 0.2) is 30.3 Å². The lowest BCUT2D eigenvalue weighted by Crippen LogP contribution is -2.63. The summed E-state index contributed by atoms with van der Waals surface area (Å²) in [5.41, 5.74) is 6.47. The van der Waals surface area contributed by atoms with E-state index in [9.17, 15) is 102 Å². The van der Waals surface area contributed by atoms with E-state index in [1.807, 2.05) is 0 Å². The van der Waals surface area contributed by atoms with Crippen LogP contribution in [0.4, 0.5) is 5.69 Å². The number of ketones is 2. The summed E-state index contributed by atoms with van der Waals surface area (Å²) in [5, 5.41) is 63.7. The number of rotatable bonds is 29. The number of carboxylic acids is 4. The first-order valence-corrected chi connectivity index (χ1v) is 35.6. The number of aliphatic carboxylic acids is 4. The average Bonchev–Trinajstić information content (AvgIpc) is 1.76. The van der Waals surface area contributed by atoms with Gasteiger partial charge in [0.2, 0.25) is 70.9 Å². The normalized spacial score (nSPS) is 23.4. The lowest BCUT2D eigenvalue weighted by molar-refractivity contribution is -0.150. The Bertz CT molecular complexity index is 3350. The van der Waals surface area contributed by atoms with Crippen LogP contribution in [-0.4, -0.2) is 224 Å². The summed E-state index contributed by atoms with van der Waals surface area (Å²) in [4.78, 5) is 247. The molecule has 3 aliphatic heterocycles. The molecule has 3 aliphatic rings. The number of nitrogens with two attached hydrogens (primary N) is 1. The number of unbranched alkanes of at least 4 members (excludes halogenated alkanes) is 8. The van der Waals surface area contributed by atoms with Gasteiger partial charge < -0.3 is 89.1 Å². The number of anilines is 1. The molecule has 12 atom stereocenters. The van der Waals surface area contributed by atoms with Crippen LogP contribution in [0.1, 0.15) is 176 Å². The molecule has 12 unspecified atom stereocenters. The number of carboxylic acid groups (broad SMARTS) is 4. The van der Waals surface area contributed by atoms with E-state index in [-0.39, 0.29) is 51.1 Å². The number of amides is 12. The predicted molar refractivity (Wildman–Crippen MR) is 375 cm³/mol. The molecule has 1 aromatic rings. The Labute approximate surface area is 608 Å². The third kappa shape index (κ3) is 29.1. The van der Waals surface area contributed by atoms with Gasteiger partial charge in [-0.2, -0.15) is 0 Å². The highest BCUT2D eigenvalue weighted by molar-refractivity contribution is 6.02. The minimum atomic E-state index is -2.06. The molecule has 3 fully saturated rings. The minimum Gasteiger partial charge on any atom is -0.481 e. The molecule has 3 heterocycles. The van der Waals surface area contributed by atoms with Gasteiger partial charge in [-0.1, -0.05) is 84.3 Å². The topological polar surface area (TPSA) is 541 Å². The van der Waals surface area contributed by atoms with Crippen molar-refractivity contribution < 1.29 is 107 Å². The summed E-state index contributed by atoms with van der Waals surface area (Å²) in [6.45, 7) is 5.76. The van der Waals surface area contributed by atoms with Crippen LogP contribution in [0.5, 0.6) is 0 Å². The molecule has 1 aromatic carbocycles. The molecule has 12 amide bonds. The Kier molecular flexibility index (Phi) is 36.4.